The number of anilines is 1. The van der Waals surface area contributed by atoms with Crippen molar-refractivity contribution in [2.45, 2.75) is 20.3 Å². The minimum absolute atomic E-state index is 0.179. The highest BCUT2D eigenvalue weighted by Crippen LogP contribution is 2.29. The molecule has 0 aliphatic heterocycles. The topological polar surface area (TPSA) is 84.2 Å². The molecule has 0 unspecified atom stereocenters. The van der Waals surface area contributed by atoms with E-state index < -0.39 is 0 Å². The van der Waals surface area contributed by atoms with Gasteiger partial charge in [-0.3, -0.25) is 10.1 Å². The molecule has 2 aromatic heterocycles. The summed E-state index contributed by atoms with van der Waals surface area (Å²) in [6, 6.07) is 10.9. The van der Waals surface area contributed by atoms with E-state index in [2.05, 4.69) is 25.9 Å². The van der Waals surface area contributed by atoms with Crippen molar-refractivity contribution in [3.8, 4) is 10.6 Å². The molecule has 11 heteroatoms. The number of hydrogen-bond acceptors (Lipinski definition) is 6. The number of aromatic nitrogens is 4. The van der Waals surface area contributed by atoms with Crippen molar-refractivity contribution in [2.24, 2.45) is 0 Å². The summed E-state index contributed by atoms with van der Waals surface area (Å²) in [5.74, 6) is 0.433. The van der Waals surface area contributed by atoms with Crippen LogP contribution in [0.4, 0.5) is 5.69 Å². The average molecular weight is 517 g/mol. The van der Waals surface area contributed by atoms with Gasteiger partial charge in [0.1, 0.15) is 5.01 Å². The van der Waals surface area contributed by atoms with E-state index in [1.54, 1.807) is 28.8 Å². The SMILES string of the molecule is CCc1nnc2sc(-c3ccc(C)c(NC(=S)NC(=O)C=Cc4ccc(Cl)cc4Cl)c3)nn12. The van der Waals surface area contributed by atoms with Gasteiger partial charge in [-0.15, -0.1) is 10.2 Å². The van der Waals surface area contributed by atoms with Crippen molar-refractivity contribution < 1.29 is 4.79 Å². The van der Waals surface area contributed by atoms with Gasteiger partial charge in [-0.1, -0.05) is 59.7 Å². The van der Waals surface area contributed by atoms with Crippen LogP contribution in [-0.4, -0.2) is 30.8 Å². The molecule has 0 atom stereocenters. The highest BCUT2D eigenvalue weighted by atomic mass is 35.5. The second kappa shape index (κ2) is 9.96. The van der Waals surface area contributed by atoms with Crippen molar-refractivity contribution in [3.05, 3.63) is 69.5 Å². The molecule has 2 N–H and O–H groups in total. The number of fused-ring (bicyclic) bond motifs is 1. The van der Waals surface area contributed by atoms with Crippen LogP contribution in [0, 0.1) is 6.92 Å². The Morgan fingerprint density at radius 1 is 1.21 bits per heavy atom. The van der Waals surface area contributed by atoms with Crippen molar-refractivity contribution in [1.29, 1.82) is 0 Å². The highest BCUT2D eigenvalue weighted by molar-refractivity contribution is 7.80. The molecular weight excluding hydrogens is 499 g/mol. The molecule has 4 aromatic rings. The van der Waals surface area contributed by atoms with Gasteiger partial charge in [-0.05, 0) is 54.5 Å². The third-order valence-corrected chi connectivity index (χ3v) is 6.43. The Morgan fingerprint density at radius 3 is 2.79 bits per heavy atom. The lowest BCUT2D eigenvalue weighted by atomic mass is 10.1. The first-order valence-electron chi connectivity index (χ1n) is 9.91. The van der Waals surface area contributed by atoms with Gasteiger partial charge in [0.05, 0.1) is 0 Å². The quantitative estimate of drug-likeness (QED) is 0.267. The molecule has 0 bridgehead atoms. The van der Waals surface area contributed by atoms with Gasteiger partial charge in [0, 0.05) is 33.8 Å². The number of benzene rings is 2. The van der Waals surface area contributed by atoms with E-state index in [4.69, 9.17) is 35.4 Å². The zero-order valence-corrected chi connectivity index (χ0v) is 20.7. The molecule has 0 spiro atoms. The molecule has 0 radical (unpaired) electrons. The van der Waals surface area contributed by atoms with E-state index in [1.807, 2.05) is 32.0 Å². The van der Waals surface area contributed by atoms with Gasteiger partial charge in [0.25, 0.3) is 0 Å². The van der Waals surface area contributed by atoms with Gasteiger partial charge in [0.15, 0.2) is 10.9 Å². The lowest BCUT2D eigenvalue weighted by Gasteiger charge is -2.12. The second-order valence-corrected chi connectivity index (χ2v) is 9.25. The third-order valence-electron chi connectivity index (χ3n) is 4.72. The van der Waals surface area contributed by atoms with Crippen LogP contribution in [0.3, 0.4) is 0 Å². The van der Waals surface area contributed by atoms with Crippen LogP contribution in [0.15, 0.2) is 42.5 Å². The summed E-state index contributed by atoms with van der Waals surface area (Å²) in [6.45, 7) is 3.96. The smallest absolute Gasteiger partial charge is 0.250 e. The Morgan fingerprint density at radius 2 is 2.03 bits per heavy atom. The summed E-state index contributed by atoms with van der Waals surface area (Å²) in [4.78, 5) is 13.0. The minimum atomic E-state index is -0.381. The summed E-state index contributed by atoms with van der Waals surface area (Å²) in [5, 5.41) is 20.6. The van der Waals surface area contributed by atoms with E-state index in [9.17, 15) is 4.79 Å². The molecule has 0 aliphatic carbocycles. The number of carbonyl (C=O) groups excluding carboxylic acids is 1. The number of carbonyl (C=O) groups is 1. The van der Waals surface area contributed by atoms with Crippen LogP contribution in [0.25, 0.3) is 21.6 Å². The maximum absolute atomic E-state index is 12.3. The Balaban J connectivity index is 1.45. The number of nitrogens with one attached hydrogen (secondary N) is 2. The molecular formula is C22H18Cl2N6OS2. The Bertz CT molecular complexity index is 1400. The molecule has 0 saturated carbocycles. The number of nitrogens with zero attached hydrogens (tertiary/aromatic N) is 4. The van der Waals surface area contributed by atoms with E-state index in [1.165, 1.54) is 17.4 Å². The fourth-order valence-corrected chi connectivity index (χ4v) is 4.53. The fourth-order valence-electron chi connectivity index (χ4n) is 2.99. The maximum atomic E-state index is 12.3. The summed E-state index contributed by atoms with van der Waals surface area (Å²) in [5.41, 5.74) is 3.32. The first kappa shape index (κ1) is 23.3. The zero-order valence-electron chi connectivity index (χ0n) is 17.6. The Hall–Kier alpha value is -2.85. The van der Waals surface area contributed by atoms with Crippen LogP contribution >= 0.6 is 46.8 Å². The van der Waals surface area contributed by atoms with Crippen LogP contribution in [0.5, 0.6) is 0 Å². The Labute approximate surface area is 209 Å². The van der Waals surface area contributed by atoms with Crippen molar-refractivity contribution in [3.63, 3.8) is 0 Å². The van der Waals surface area contributed by atoms with E-state index in [0.717, 1.165) is 39.0 Å². The number of halogens is 2. The predicted octanol–water partition coefficient (Wildman–Crippen LogP) is 5.56. The predicted molar refractivity (Wildman–Crippen MR) is 138 cm³/mol. The van der Waals surface area contributed by atoms with Gasteiger partial charge in [-0.25, -0.2) is 0 Å². The monoisotopic (exact) mass is 516 g/mol. The van der Waals surface area contributed by atoms with Gasteiger partial charge in [-0.2, -0.15) is 9.61 Å². The van der Waals surface area contributed by atoms with Crippen LogP contribution in [0.2, 0.25) is 10.0 Å². The van der Waals surface area contributed by atoms with Gasteiger partial charge >= 0.3 is 0 Å². The largest absolute Gasteiger partial charge is 0.332 e. The standard InChI is InChI=1S/C22H18Cl2N6OS2/c1-3-18-27-28-22-30(18)29-20(33-22)14-5-4-12(2)17(10-14)25-21(32)26-19(31)9-7-13-6-8-15(23)11-16(13)24/h4-11H,3H2,1-2H3,(H2,25,26,31,32). The molecule has 0 saturated heterocycles. The van der Waals surface area contributed by atoms with Crippen molar-refractivity contribution in [1.82, 2.24) is 25.1 Å². The molecule has 2 aromatic carbocycles. The van der Waals surface area contributed by atoms with Crippen molar-refractivity contribution >= 4 is 74.5 Å². The van der Waals surface area contributed by atoms with E-state index >= 15 is 0 Å². The fraction of sp³-hybridized carbons (Fsp3) is 0.136. The first-order valence-corrected chi connectivity index (χ1v) is 11.9. The average Bonchev–Trinajstić information content (AvgIpc) is 3.35. The normalized spacial score (nSPS) is 11.3. The number of amides is 1. The van der Waals surface area contributed by atoms with E-state index in [-0.39, 0.29) is 11.0 Å². The molecule has 33 heavy (non-hydrogen) atoms. The number of thiocarbonyl (C=S) groups is 1. The van der Waals surface area contributed by atoms with E-state index in [0.29, 0.717) is 15.6 Å². The third kappa shape index (κ3) is 5.39. The van der Waals surface area contributed by atoms with Crippen molar-refractivity contribution in [2.75, 3.05) is 5.32 Å². The number of rotatable bonds is 5. The molecule has 0 fully saturated rings. The van der Waals surface area contributed by atoms with Gasteiger partial charge in [0.2, 0.25) is 10.9 Å². The molecule has 168 valence electrons. The molecule has 2 heterocycles. The van der Waals surface area contributed by atoms with Crippen LogP contribution < -0.4 is 10.6 Å². The maximum Gasteiger partial charge on any atom is 0.250 e. The van der Waals surface area contributed by atoms with Crippen LogP contribution in [0.1, 0.15) is 23.9 Å². The summed E-state index contributed by atoms with van der Waals surface area (Å²) < 4.78 is 1.76. The molecule has 4 rings (SSSR count). The highest BCUT2D eigenvalue weighted by Gasteiger charge is 2.13. The summed E-state index contributed by atoms with van der Waals surface area (Å²) >= 11 is 18.8. The molecule has 1 amide bonds. The number of aryl methyl sites for hydroxylation is 2. The first-order chi connectivity index (χ1) is 15.8. The second-order valence-electron chi connectivity index (χ2n) is 7.04. The molecule has 7 nitrogen and oxygen atoms in total. The summed E-state index contributed by atoms with van der Waals surface area (Å²) in [6.07, 6.45) is 3.70. The lowest BCUT2D eigenvalue weighted by Crippen LogP contribution is -2.33. The Kier molecular flexibility index (Phi) is 7.04. The van der Waals surface area contributed by atoms with Gasteiger partial charge < -0.3 is 5.32 Å². The molecule has 0 aliphatic rings. The zero-order chi connectivity index (χ0) is 23.5. The lowest BCUT2D eigenvalue weighted by molar-refractivity contribution is -0.115. The number of hydrogen-bond donors (Lipinski definition) is 2. The minimum Gasteiger partial charge on any atom is -0.332 e. The van der Waals surface area contributed by atoms with Crippen LogP contribution in [-0.2, 0) is 11.2 Å². The summed E-state index contributed by atoms with van der Waals surface area (Å²) in [7, 11) is 0.